The summed E-state index contributed by atoms with van der Waals surface area (Å²) in [5.74, 6) is -2.36. The standard InChI is InChI=1S/C20H17F3O7/c21-20(22,23)19(30-17(26)13-9-5-2-6-10-13)14(29-18(27)15(19)24)11-28-16(25)12-7-3-1-4-8-12/h1-10,14-15,18,24,27H,11H2/t14-,15+,18?,19-/m1/s1. The van der Waals surface area contributed by atoms with Crippen LogP contribution >= 0.6 is 0 Å². The van der Waals surface area contributed by atoms with Gasteiger partial charge in [-0.05, 0) is 24.3 Å². The van der Waals surface area contributed by atoms with Crippen LogP contribution in [0.2, 0.25) is 0 Å². The van der Waals surface area contributed by atoms with Gasteiger partial charge < -0.3 is 24.4 Å². The third-order valence-corrected chi connectivity index (χ3v) is 4.58. The van der Waals surface area contributed by atoms with Crippen LogP contribution in [0.3, 0.4) is 0 Å². The molecule has 0 amide bonds. The number of aliphatic hydroxyl groups excluding tert-OH is 2. The van der Waals surface area contributed by atoms with Crippen LogP contribution in [0.15, 0.2) is 60.7 Å². The molecule has 2 N–H and O–H groups in total. The molecule has 0 saturated carbocycles. The van der Waals surface area contributed by atoms with Crippen LogP contribution in [0.4, 0.5) is 13.2 Å². The number of carbonyl (C=O) groups is 2. The van der Waals surface area contributed by atoms with Crippen LogP contribution in [-0.2, 0) is 14.2 Å². The summed E-state index contributed by atoms with van der Waals surface area (Å²) in [6, 6.07) is 14.2. The van der Waals surface area contributed by atoms with Crippen molar-refractivity contribution in [1.29, 1.82) is 0 Å². The van der Waals surface area contributed by atoms with E-state index < -0.39 is 48.8 Å². The van der Waals surface area contributed by atoms with Gasteiger partial charge in [0.2, 0.25) is 0 Å². The molecule has 0 aliphatic carbocycles. The van der Waals surface area contributed by atoms with Crippen molar-refractivity contribution in [1.82, 2.24) is 0 Å². The van der Waals surface area contributed by atoms with Gasteiger partial charge in [-0.2, -0.15) is 13.2 Å². The third kappa shape index (κ3) is 4.02. The highest BCUT2D eigenvalue weighted by atomic mass is 19.4. The maximum absolute atomic E-state index is 14.0. The SMILES string of the molecule is O=C(OC[C@H]1OC(O)[C@H](O)[C@@]1(OC(=O)c1ccccc1)C(F)(F)F)c1ccccc1. The smallest absolute Gasteiger partial charge is 0.433 e. The van der Waals surface area contributed by atoms with Gasteiger partial charge in [0.1, 0.15) is 12.7 Å². The maximum Gasteiger partial charge on any atom is 0.433 e. The van der Waals surface area contributed by atoms with Crippen molar-refractivity contribution in [2.45, 2.75) is 30.3 Å². The zero-order valence-electron chi connectivity index (χ0n) is 15.3. The summed E-state index contributed by atoms with van der Waals surface area (Å²) < 4.78 is 56.5. The molecule has 160 valence electrons. The Hall–Kier alpha value is -2.95. The van der Waals surface area contributed by atoms with Gasteiger partial charge >= 0.3 is 18.1 Å². The average Bonchev–Trinajstić information content (AvgIpc) is 2.98. The van der Waals surface area contributed by atoms with Crippen LogP contribution in [0.1, 0.15) is 20.7 Å². The first kappa shape index (κ1) is 21.8. The minimum Gasteiger partial charge on any atom is -0.459 e. The lowest BCUT2D eigenvalue weighted by atomic mass is 9.91. The Bertz CT molecular complexity index is 888. The minimum absolute atomic E-state index is 0.0653. The number of esters is 2. The molecule has 1 saturated heterocycles. The molecule has 0 radical (unpaired) electrons. The first-order valence-corrected chi connectivity index (χ1v) is 8.75. The molecule has 0 bridgehead atoms. The second-order valence-corrected chi connectivity index (χ2v) is 6.47. The first-order valence-electron chi connectivity index (χ1n) is 8.75. The number of benzene rings is 2. The molecule has 1 heterocycles. The normalized spacial score (nSPS) is 26.2. The highest BCUT2D eigenvalue weighted by molar-refractivity contribution is 5.90. The number of aliphatic hydroxyl groups is 2. The Morgan fingerprint density at radius 2 is 1.43 bits per heavy atom. The Morgan fingerprint density at radius 1 is 0.933 bits per heavy atom. The second-order valence-electron chi connectivity index (χ2n) is 6.47. The fourth-order valence-corrected chi connectivity index (χ4v) is 3.04. The van der Waals surface area contributed by atoms with Gasteiger partial charge in [0.25, 0.3) is 5.60 Å². The third-order valence-electron chi connectivity index (χ3n) is 4.58. The van der Waals surface area contributed by atoms with Crippen molar-refractivity contribution in [3.05, 3.63) is 71.8 Å². The van der Waals surface area contributed by atoms with Crippen molar-refractivity contribution in [3.8, 4) is 0 Å². The topological polar surface area (TPSA) is 102 Å². The molecule has 1 unspecified atom stereocenters. The maximum atomic E-state index is 14.0. The van der Waals surface area contributed by atoms with E-state index in [1.54, 1.807) is 12.1 Å². The van der Waals surface area contributed by atoms with Crippen molar-refractivity contribution in [2.24, 2.45) is 0 Å². The predicted octanol–water partition coefficient (Wildman–Crippen LogP) is 2.08. The molecule has 1 fully saturated rings. The molecular weight excluding hydrogens is 409 g/mol. The van der Waals surface area contributed by atoms with Gasteiger partial charge in [0.05, 0.1) is 11.1 Å². The Morgan fingerprint density at radius 3 is 1.93 bits per heavy atom. The van der Waals surface area contributed by atoms with Crippen LogP contribution in [0, 0.1) is 0 Å². The van der Waals surface area contributed by atoms with Crippen molar-refractivity contribution in [3.63, 3.8) is 0 Å². The Labute approximate surface area is 168 Å². The minimum atomic E-state index is -5.36. The van der Waals surface area contributed by atoms with E-state index in [0.717, 1.165) is 0 Å². The number of hydrogen-bond donors (Lipinski definition) is 2. The summed E-state index contributed by atoms with van der Waals surface area (Å²) in [6.45, 7) is -1.04. The van der Waals surface area contributed by atoms with E-state index in [2.05, 4.69) is 0 Å². The van der Waals surface area contributed by atoms with E-state index in [-0.39, 0.29) is 11.1 Å². The van der Waals surface area contributed by atoms with Gasteiger partial charge in [-0.1, -0.05) is 36.4 Å². The van der Waals surface area contributed by atoms with Crippen molar-refractivity contribution < 1.29 is 47.2 Å². The average molecular weight is 426 g/mol. The lowest BCUT2D eigenvalue weighted by Crippen LogP contribution is -2.63. The van der Waals surface area contributed by atoms with E-state index in [1.807, 2.05) is 0 Å². The van der Waals surface area contributed by atoms with Crippen molar-refractivity contribution >= 4 is 11.9 Å². The first-order chi connectivity index (χ1) is 14.2. The molecule has 2 aromatic carbocycles. The van der Waals surface area contributed by atoms with E-state index in [1.165, 1.54) is 48.5 Å². The number of rotatable bonds is 5. The van der Waals surface area contributed by atoms with Crippen molar-refractivity contribution in [2.75, 3.05) is 6.61 Å². The molecule has 1 aliphatic heterocycles. The predicted molar refractivity (Wildman–Crippen MR) is 94.3 cm³/mol. The zero-order chi connectivity index (χ0) is 21.9. The number of halogens is 3. The molecule has 0 aromatic heterocycles. The Kier molecular flexibility index (Phi) is 6.11. The summed E-state index contributed by atoms with van der Waals surface area (Å²) in [6.07, 6.45) is -12.6. The summed E-state index contributed by atoms with van der Waals surface area (Å²) >= 11 is 0. The van der Waals surface area contributed by atoms with Crippen LogP contribution in [0.5, 0.6) is 0 Å². The monoisotopic (exact) mass is 426 g/mol. The number of ether oxygens (including phenoxy) is 3. The molecular formula is C20H17F3O7. The lowest BCUT2D eigenvalue weighted by Gasteiger charge is -2.36. The van der Waals surface area contributed by atoms with E-state index in [9.17, 15) is 33.0 Å². The molecule has 2 aromatic rings. The molecule has 10 heteroatoms. The summed E-state index contributed by atoms with van der Waals surface area (Å²) in [7, 11) is 0. The van der Waals surface area contributed by atoms with Crippen LogP contribution in [-0.4, -0.2) is 59.0 Å². The lowest BCUT2D eigenvalue weighted by molar-refractivity contribution is -0.294. The zero-order valence-corrected chi connectivity index (χ0v) is 15.3. The molecule has 3 rings (SSSR count). The van der Waals surface area contributed by atoms with E-state index in [4.69, 9.17) is 14.2 Å². The number of carbonyl (C=O) groups excluding carboxylic acids is 2. The van der Waals surface area contributed by atoms with E-state index in [0.29, 0.717) is 0 Å². The summed E-state index contributed by atoms with van der Waals surface area (Å²) in [4.78, 5) is 24.4. The fourth-order valence-electron chi connectivity index (χ4n) is 3.04. The molecule has 30 heavy (non-hydrogen) atoms. The van der Waals surface area contributed by atoms with Crippen LogP contribution < -0.4 is 0 Å². The van der Waals surface area contributed by atoms with Gasteiger partial charge in [0.15, 0.2) is 12.4 Å². The Balaban J connectivity index is 1.88. The number of hydrogen-bond acceptors (Lipinski definition) is 7. The molecule has 4 atom stereocenters. The van der Waals surface area contributed by atoms with Gasteiger partial charge in [-0.25, -0.2) is 9.59 Å². The highest BCUT2D eigenvalue weighted by Gasteiger charge is 2.74. The highest BCUT2D eigenvalue weighted by Crippen LogP contribution is 2.46. The summed E-state index contributed by atoms with van der Waals surface area (Å²) in [5, 5.41) is 19.8. The second kappa shape index (κ2) is 8.42. The van der Waals surface area contributed by atoms with Gasteiger partial charge in [0, 0.05) is 0 Å². The van der Waals surface area contributed by atoms with Gasteiger partial charge in [-0.3, -0.25) is 0 Å². The quantitative estimate of drug-likeness (QED) is 0.706. The largest absolute Gasteiger partial charge is 0.459 e. The molecule has 7 nitrogen and oxygen atoms in total. The van der Waals surface area contributed by atoms with Crippen LogP contribution in [0.25, 0.3) is 0 Å². The molecule has 1 aliphatic rings. The summed E-state index contributed by atoms with van der Waals surface area (Å²) in [5.41, 5.74) is -3.80. The van der Waals surface area contributed by atoms with E-state index >= 15 is 0 Å². The number of alkyl halides is 3. The fraction of sp³-hybridized carbons (Fsp3) is 0.300. The van der Waals surface area contributed by atoms with Gasteiger partial charge in [-0.15, -0.1) is 0 Å². The molecule has 0 spiro atoms.